The Morgan fingerprint density at radius 3 is 2.71 bits per heavy atom. The summed E-state index contributed by atoms with van der Waals surface area (Å²) in [6.45, 7) is 3.35. The zero-order chi connectivity index (χ0) is 11.5. The number of rotatable bonds is 3. The van der Waals surface area contributed by atoms with Crippen LogP contribution in [0.1, 0.15) is 22.3 Å². The van der Waals surface area contributed by atoms with E-state index in [1.54, 1.807) is 18.6 Å². The summed E-state index contributed by atoms with van der Waals surface area (Å²) in [4.78, 5) is 24.2. The van der Waals surface area contributed by atoms with Crippen LogP contribution in [0, 0.1) is 6.92 Å². The van der Waals surface area contributed by atoms with Crippen molar-refractivity contribution in [3.8, 4) is 0 Å². The number of hydrogen-bond donors (Lipinski definition) is 1. The van der Waals surface area contributed by atoms with Gasteiger partial charge in [-0.1, -0.05) is 11.3 Å². The Labute approximate surface area is 109 Å². The minimum Gasteiger partial charge on any atom is -0.315 e. The van der Waals surface area contributed by atoms with Crippen molar-refractivity contribution >= 4 is 40.5 Å². The Hall–Kier alpha value is -1.53. The molecule has 0 fully saturated rings. The Morgan fingerprint density at radius 2 is 2.18 bits per heavy atom. The lowest BCUT2D eigenvalue weighted by Crippen LogP contribution is -1.92. The van der Waals surface area contributed by atoms with Gasteiger partial charge >= 0.3 is 0 Å². The number of nitrogens with zero attached hydrogens (tertiary/aromatic N) is 3. The fraction of sp³-hybridized carbons (Fsp3) is 0.200. The van der Waals surface area contributed by atoms with Gasteiger partial charge in [0.15, 0.2) is 16.7 Å². The molecule has 0 bridgehead atoms. The first-order valence-electron chi connectivity index (χ1n) is 4.68. The van der Waals surface area contributed by atoms with E-state index in [2.05, 4.69) is 20.3 Å². The molecule has 0 aliphatic rings. The highest BCUT2D eigenvalue weighted by Crippen LogP contribution is 2.24. The largest absolute Gasteiger partial charge is 0.315 e. The van der Waals surface area contributed by atoms with Crippen LogP contribution >= 0.6 is 23.7 Å². The van der Waals surface area contributed by atoms with Crippen LogP contribution in [0.5, 0.6) is 0 Å². The molecule has 0 radical (unpaired) electrons. The van der Waals surface area contributed by atoms with Gasteiger partial charge in [-0.25, -0.2) is 9.97 Å². The van der Waals surface area contributed by atoms with Crippen LogP contribution in [0.4, 0.5) is 10.9 Å². The molecule has 0 unspecified atom stereocenters. The Balaban J connectivity index is 0.00000144. The van der Waals surface area contributed by atoms with Crippen LogP contribution in [-0.2, 0) is 0 Å². The molecule has 90 valence electrons. The number of hydrogen-bond acceptors (Lipinski definition) is 6. The van der Waals surface area contributed by atoms with Gasteiger partial charge in [-0.05, 0) is 6.92 Å². The van der Waals surface area contributed by atoms with E-state index in [0.29, 0.717) is 15.8 Å². The molecule has 17 heavy (non-hydrogen) atoms. The molecule has 0 aromatic carbocycles. The number of nitrogens with one attached hydrogen (secondary N) is 1. The zero-order valence-corrected chi connectivity index (χ0v) is 10.9. The van der Waals surface area contributed by atoms with Gasteiger partial charge in [0, 0.05) is 19.3 Å². The van der Waals surface area contributed by atoms with Crippen LogP contribution in [0.15, 0.2) is 18.6 Å². The molecular formula is C10H11ClN4OS. The van der Waals surface area contributed by atoms with Gasteiger partial charge in [-0.15, -0.1) is 12.4 Å². The average Bonchev–Trinajstić information content (AvgIpc) is 2.61. The summed E-state index contributed by atoms with van der Waals surface area (Å²) in [5, 5.41) is 3.66. The van der Waals surface area contributed by atoms with Crippen molar-refractivity contribution in [2.45, 2.75) is 13.8 Å². The lowest BCUT2D eigenvalue weighted by atomic mass is 10.3. The molecule has 2 aromatic rings. The van der Waals surface area contributed by atoms with E-state index in [-0.39, 0.29) is 18.2 Å². The van der Waals surface area contributed by atoms with E-state index in [9.17, 15) is 4.79 Å². The number of carbonyl (C=O) groups excluding carboxylic acids is 1. The van der Waals surface area contributed by atoms with E-state index < -0.39 is 0 Å². The van der Waals surface area contributed by atoms with Crippen LogP contribution < -0.4 is 5.32 Å². The van der Waals surface area contributed by atoms with Gasteiger partial charge in [0.25, 0.3) is 0 Å². The lowest BCUT2D eigenvalue weighted by molar-refractivity contribution is 0.102. The molecule has 0 atom stereocenters. The Kier molecular flexibility index (Phi) is 4.53. The molecule has 2 heterocycles. The fourth-order valence-electron chi connectivity index (χ4n) is 1.25. The monoisotopic (exact) mass is 270 g/mol. The number of aryl methyl sites for hydroxylation is 1. The van der Waals surface area contributed by atoms with E-state index >= 15 is 0 Å². The molecule has 2 aromatic heterocycles. The van der Waals surface area contributed by atoms with Gasteiger partial charge in [-0.3, -0.25) is 9.78 Å². The summed E-state index contributed by atoms with van der Waals surface area (Å²) in [5.74, 6) is 0.647. The second-order valence-electron chi connectivity index (χ2n) is 3.21. The topological polar surface area (TPSA) is 67.8 Å². The summed E-state index contributed by atoms with van der Waals surface area (Å²) in [5.41, 5.74) is 0.740. The molecule has 0 amide bonds. The molecule has 1 N–H and O–H groups in total. The van der Waals surface area contributed by atoms with E-state index in [0.717, 1.165) is 5.69 Å². The molecule has 2 rings (SSSR count). The molecular weight excluding hydrogens is 260 g/mol. The molecule has 0 spiro atoms. The van der Waals surface area contributed by atoms with Crippen molar-refractivity contribution in [1.82, 2.24) is 15.0 Å². The van der Waals surface area contributed by atoms with Crippen molar-refractivity contribution in [1.29, 1.82) is 0 Å². The molecule has 0 saturated heterocycles. The average molecular weight is 271 g/mol. The molecule has 5 nitrogen and oxygen atoms in total. The molecule has 0 aliphatic heterocycles. The number of thiazole rings is 1. The first-order valence-corrected chi connectivity index (χ1v) is 5.50. The Morgan fingerprint density at radius 1 is 1.41 bits per heavy atom. The van der Waals surface area contributed by atoms with Crippen LogP contribution in [0.3, 0.4) is 0 Å². The summed E-state index contributed by atoms with van der Waals surface area (Å²) in [7, 11) is 0. The van der Waals surface area contributed by atoms with Crippen molar-refractivity contribution in [2.75, 3.05) is 5.32 Å². The van der Waals surface area contributed by atoms with Crippen molar-refractivity contribution in [3.63, 3.8) is 0 Å². The van der Waals surface area contributed by atoms with Crippen LogP contribution in [0.2, 0.25) is 0 Å². The van der Waals surface area contributed by atoms with Crippen molar-refractivity contribution in [2.24, 2.45) is 0 Å². The van der Waals surface area contributed by atoms with E-state index in [4.69, 9.17) is 0 Å². The number of carbonyl (C=O) groups is 1. The Bertz CT molecular complexity index is 514. The maximum atomic E-state index is 11.2. The second-order valence-corrected chi connectivity index (χ2v) is 4.20. The smallest absolute Gasteiger partial charge is 0.189 e. The number of aromatic nitrogens is 3. The fourth-order valence-corrected chi connectivity index (χ4v) is 2.12. The highest BCUT2D eigenvalue weighted by Gasteiger charge is 2.11. The van der Waals surface area contributed by atoms with Crippen LogP contribution in [-0.4, -0.2) is 20.7 Å². The second kappa shape index (κ2) is 5.70. The molecule has 7 heteroatoms. The number of halogens is 1. The molecule has 0 aliphatic carbocycles. The minimum atomic E-state index is 0. The van der Waals surface area contributed by atoms with Crippen molar-refractivity contribution < 1.29 is 4.79 Å². The first-order chi connectivity index (χ1) is 7.66. The summed E-state index contributed by atoms with van der Waals surface area (Å²) >= 11 is 1.32. The lowest BCUT2D eigenvalue weighted by Gasteiger charge is -1.98. The predicted molar refractivity (Wildman–Crippen MR) is 69.4 cm³/mol. The maximum absolute atomic E-state index is 11.2. The zero-order valence-electron chi connectivity index (χ0n) is 9.30. The predicted octanol–water partition coefficient (Wildman–Crippen LogP) is 2.61. The van der Waals surface area contributed by atoms with E-state index in [1.165, 1.54) is 18.3 Å². The maximum Gasteiger partial charge on any atom is 0.189 e. The SMILES string of the molecule is CC(=O)c1sc(Nc2cnccn2)nc1C.Cl. The summed E-state index contributed by atoms with van der Waals surface area (Å²) in [6, 6.07) is 0. The van der Waals surface area contributed by atoms with E-state index in [1.807, 2.05) is 6.92 Å². The highest BCUT2D eigenvalue weighted by molar-refractivity contribution is 7.17. The first kappa shape index (κ1) is 13.5. The van der Waals surface area contributed by atoms with Crippen molar-refractivity contribution in [3.05, 3.63) is 29.2 Å². The number of anilines is 2. The normalized spacial score (nSPS) is 9.53. The minimum absolute atomic E-state index is 0. The van der Waals surface area contributed by atoms with Gasteiger partial charge in [0.05, 0.1) is 16.8 Å². The standard InChI is InChI=1S/C10H10N4OS.ClH/c1-6-9(7(2)15)16-10(13-6)14-8-5-11-3-4-12-8;/h3-5H,1-2H3,(H,12,13,14);1H. The quantitative estimate of drug-likeness (QED) is 0.869. The van der Waals surface area contributed by atoms with Gasteiger partial charge < -0.3 is 5.32 Å². The van der Waals surface area contributed by atoms with Gasteiger partial charge in [0.1, 0.15) is 0 Å². The van der Waals surface area contributed by atoms with Crippen LogP contribution in [0.25, 0.3) is 0 Å². The number of ketones is 1. The summed E-state index contributed by atoms with van der Waals surface area (Å²) < 4.78 is 0. The van der Waals surface area contributed by atoms with Gasteiger partial charge in [-0.2, -0.15) is 0 Å². The third-order valence-corrected chi connectivity index (χ3v) is 3.09. The number of Topliss-reactive ketones (excluding diaryl/α,β-unsaturated/α-hetero) is 1. The molecule has 0 saturated carbocycles. The summed E-state index contributed by atoms with van der Waals surface area (Å²) in [6.07, 6.45) is 4.79. The highest BCUT2D eigenvalue weighted by atomic mass is 35.5. The third kappa shape index (κ3) is 3.21. The van der Waals surface area contributed by atoms with Gasteiger partial charge in [0.2, 0.25) is 0 Å². The third-order valence-electron chi connectivity index (χ3n) is 1.91.